The maximum atomic E-state index is 13.3. The third-order valence-corrected chi connectivity index (χ3v) is 15.0. The fraction of sp³-hybridized carbons (Fsp3) is 0.733. The molecule has 0 unspecified atom stereocenters. The molecule has 3 rings (SSSR count). The van der Waals surface area contributed by atoms with Gasteiger partial charge in [0.25, 0.3) is 5.95 Å². The number of allylic oxidation sites excluding steroid dienone is 1. The van der Waals surface area contributed by atoms with Gasteiger partial charge < -0.3 is 18.4 Å². The van der Waals surface area contributed by atoms with E-state index >= 15 is 0 Å². The Balaban J connectivity index is 2.04. The van der Waals surface area contributed by atoms with Crippen LogP contribution in [0.4, 0.5) is 0 Å². The quantitative estimate of drug-likeness (QED) is 0.187. The molecule has 202 valence electrons. The normalized spacial score (nSPS) is 30.7. The number of hydrogen-bond acceptors (Lipinski definition) is 5. The first-order chi connectivity index (χ1) is 17.0. The van der Waals surface area contributed by atoms with E-state index in [1.807, 2.05) is 6.92 Å². The van der Waals surface area contributed by atoms with E-state index < -0.39 is 8.32 Å². The molecule has 36 heavy (non-hydrogen) atoms. The van der Waals surface area contributed by atoms with Crippen molar-refractivity contribution in [2.75, 3.05) is 7.11 Å². The van der Waals surface area contributed by atoms with Gasteiger partial charge in [0.2, 0.25) is 0 Å². The summed E-state index contributed by atoms with van der Waals surface area (Å²) in [4.78, 5) is 25.4. The Labute approximate surface area is 219 Å². The van der Waals surface area contributed by atoms with Crippen molar-refractivity contribution in [3.05, 3.63) is 39.3 Å². The molecule has 0 amide bonds. The summed E-state index contributed by atoms with van der Waals surface area (Å²) >= 11 is 0. The predicted molar refractivity (Wildman–Crippen MR) is 148 cm³/mol. The molecule has 0 aromatic carbocycles. The standard InChI is InChI=1S/C30H48O5Si/c1-10-36(11-2,12-3)35-26-15-16-29(7)24(20(4)13-14-25(29)30(26,8)17-18-31)19-23-27(32)21(5)22(6)34-28(23)33-9/h18,24-26H,4,10-17,19H2,1-3,5-9H3/t24-,25-,26-,29-,30+/m1/s1. The number of rotatable bonds is 10. The molecule has 6 heteroatoms. The van der Waals surface area contributed by atoms with E-state index in [2.05, 4.69) is 41.2 Å². The lowest BCUT2D eigenvalue weighted by molar-refractivity contribution is -0.139. The van der Waals surface area contributed by atoms with Gasteiger partial charge in [0.05, 0.1) is 18.8 Å². The lowest BCUT2D eigenvalue weighted by Gasteiger charge is -2.62. The van der Waals surface area contributed by atoms with Crippen LogP contribution in [0, 0.1) is 36.5 Å². The topological polar surface area (TPSA) is 65.7 Å². The van der Waals surface area contributed by atoms with Crippen LogP contribution in [0.25, 0.3) is 0 Å². The summed E-state index contributed by atoms with van der Waals surface area (Å²) in [5.74, 6) is 1.34. The van der Waals surface area contributed by atoms with Gasteiger partial charge in [0, 0.05) is 17.4 Å². The van der Waals surface area contributed by atoms with Crippen LogP contribution in [0.1, 0.15) is 83.6 Å². The first-order valence-electron chi connectivity index (χ1n) is 13.9. The molecule has 1 aromatic heterocycles. The molecule has 1 aromatic rings. The predicted octanol–water partition coefficient (Wildman–Crippen LogP) is 7.18. The Bertz CT molecular complexity index is 1020. The molecule has 2 fully saturated rings. The molecule has 2 aliphatic rings. The zero-order chi connectivity index (χ0) is 26.9. The molecule has 0 saturated heterocycles. The first-order valence-corrected chi connectivity index (χ1v) is 16.5. The number of aryl methyl sites for hydroxylation is 1. The molecule has 0 aliphatic heterocycles. The molecule has 5 atom stereocenters. The van der Waals surface area contributed by atoms with Crippen LogP contribution in [-0.2, 0) is 15.6 Å². The van der Waals surface area contributed by atoms with Gasteiger partial charge in [-0.3, -0.25) is 4.79 Å². The number of carbonyl (C=O) groups is 1. The van der Waals surface area contributed by atoms with Gasteiger partial charge in [-0.25, -0.2) is 0 Å². The van der Waals surface area contributed by atoms with Crippen LogP contribution < -0.4 is 10.2 Å². The summed E-state index contributed by atoms with van der Waals surface area (Å²) in [6.07, 6.45) is 6.12. The number of ether oxygens (including phenoxy) is 1. The van der Waals surface area contributed by atoms with E-state index in [0.29, 0.717) is 41.6 Å². The van der Waals surface area contributed by atoms with Crippen LogP contribution in [0.3, 0.4) is 0 Å². The van der Waals surface area contributed by atoms with Crippen LogP contribution >= 0.6 is 0 Å². The van der Waals surface area contributed by atoms with Gasteiger partial charge in [-0.1, -0.05) is 46.8 Å². The minimum absolute atomic E-state index is 0.00594. The number of methoxy groups -OCH3 is 1. The largest absolute Gasteiger partial charge is 0.468 e. The molecule has 5 nitrogen and oxygen atoms in total. The minimum Gasteiger partial charge on any atom is -0.468 e. The zero-order valence-corrected chi connectivity index (χ0v) is 24.9. The Hall–Kier alpha value is -1.66. The molecular weight excluding hydrogens is 468 g/mol. The van der Waals surface area contributed by atoms with Crippen LogP contribution in [-0.4, -0.2) is 27.8 Å². The highest BCUT2D eigenvalue weighted by molar-refractivity contribution is 6.73. The summed E-state index contributed by atoms with van der Waals surface area (Å²) in [6.45, 7) is 19.6. The summed E-state index contributed by atoms with van der Waals surface area (Å²) in [7, 11) is -0.269. The van der Waals surface area contributed by atoms with Crippen molar-refractivity contribution in [1.29, 1.82) is 0 Å². The van der Waals surface area contributed by atoms with Crippen molar-refractivity contribution in [1.82, 2.24) is 0 Å². The fourth-order valence-electron chi connectivity index (χ4n) is 7.60. The molecule has 0 radical (unpaired) electrons. The third kappa shape index (κ3) is 4.80. The highest BCUT2D eigenvalue weighted by Gasteiger charge is 2.59. The second-order valence-electron chi connectivity index (χ2n) is 11.9. The average Bonchev–Trinajstić information content (AvgIpc) is 2.86. The molecule has 2 aliphatic carbocycles. The monoisotopic (exact) mass is 516 g/mol. The van der Waals surface area contributed by atoms with Crippen LogP contribution in [0.5, 0.6) is 5.95 Å². The summed E-state index contributed by atoms with van der Waals surface area (Å²) < 4.78 is 18.6. The maximum Gasteiger partial charge on any atom is 0.291 e. The Morgan fingerprint density at radius 1 is 1.14 bits per heavy atom. The lowest BCUT2D eigenvalue weighted by Crippen LogP contribution is -2.59. The van der Waals surface area contributed by atoms with Crippen molar-refractivity contribution >= 4 is 14.6 Å². The SMILES string of the molecule is C=C1CC[C@@H]2[C@](C)(CC[C@@H](O[Si](CC)(CC)CC)[C@@]2(C)CC=O)[C@@H]1Cc1c(OC)oc(C)c(C)c1=O. The Kier molecular flexibility index (Phi) is 8.82. The lowest BCUT2D eigenvalue weighted by atomic mass is 9.45. The molecule has 2 saturated carbocycles. The van der Waals surface area contributed by atoms with Crippen molar-refractivity contribution in [3.63, 3.8) is 0 Å². The zero-order valence-electron chi connectivity index (χ0n) is 23.9. The van der Waals surface area contributed by atoms with Crippen molar-refractivity contribution in [2.24, 2.45) is 22.7 Å². The summed E-state index contributed by atoms with van der Waals surface area (Å²) in [5.41, 5.74) is 2.13. The van der Waals surface area contributed by atoms with Gasteiger partial charge in [-0.15, -0.1) is 0 Å². The smallest absolute Gasteiger partial charge is 0.291 e. The summed E-state index contributed by atoms with van der Waals surface area (Å²) in [5, 5.41) is 0. The van der Waals surface area contributed by atoms with Crippen LogP contribution in [0.15, 0.2) is 21.4 Å². The number of fused-ring (bicyclic) bond motifs is 1. The summed E-state index contributed by atoms with van der Waals surface area (Å²) in [6, 6.07) is 3.33. The second kappa shape index (κ2) is 11.0. The van der Waals surface area contributed by atoms with Gasteiger partial charge in [0.15, 0.2) is 13.7 Å². The fourth-order valence-corrected chi connectivity index (χ4v) is 10.6. The van der Waals surface area contributed by atoms with Crippen molar-refractivity contribution in [3.8, 4) is 5.95 Å². The number of aldehydes is 1. The van der Waals surface area contributed by atoms with E-state index in [0.717, 1.165) is 50.1 Å². The highest BCUT2D eigenvalue weighted by Crippen LogP contribution is 2.63. The molecule has 1 heterocycles. The van der Waals surface area contributed by atoms with E-state index in [-0.39, 0.29) is 28.3 Å². The Morgan fingerprint density at radius 3 is 2.33 bits per heavy atom. The van der Waals surface area contributed by atoms with E-state index in [1.165, 1.54) is 5.57 Å². The molecule has 0 bridgehead atoms. The molecular formula is C30H48O5Si. The van der Waals surface area contributed by atoms with Crippen LogP contribution in [0.2, 0.25) is 18.1 Å². The molecule has 0 spiro atoms. The highest BCUT2D eigenvalue weighted by atomic mass is 28.4. The van der Waals surface area contributed by atoms with Gasteiger partial charge in [-0.2, -0.15) is 0 Å². The number of carbonyl (C=O) groups excluding carboxylic acids is 1. The van der Waals surface area contributed by atoms with Crippen molar-refractivity contribution < 1.29 is 18.4 Å². The van der Waals surface area contributed by atoms with E-state index in [9.17, 15) is 9.59 Å². The maximum absolute atomic E-state index is 13.3. The van der Waals surface area contributed by atoms with E-state index in [1.54, 1.807) is 14.0 Å². The molecule has 0 N–H and O–H groups in total. The van der Waals surface area contributed by atoms with Gasteiger partial charge in [0.1, 0.15) is 12.0 Å². The third-order valence-electron chi connectivity index (χ3n) is 10.4. The van der Waals surface area contributed by atoms with E-state index in [4.69, 9.17) is 13.6 Å². The average molecular weight is 517 g/mol. The van der Waals surface area contributed by atoms with Gasteiger partial charge in [-0.05, 0) is 81.3 Å². The Morgan fingerprint density at radius 2 is 1.78 bits per heavy atom. The first kappa shape index (κ1) is 28.9. The number of hydrogen-bond donors (Lipinski definition) is 0. The second-order valence-corrected chi connectivity index (χ2v) is 16.6. The minimum atomic E-state index is -1.83. The van der Waals surface area contributed by atoms with Gasteiger partial charge >= 0.3 is 0 Å². The van der Waals surface area contributed by atoms with Crippen molar-refractivity contribution in [2.45, 2.75) is 111 Å².